The molecule has 0 aromatic carbocycles. The highest BCUT2D eigenvalue weighted by Crippen LogP contribution is 2.29. The summed E-state index contributed by atoms with van der Waals surface area (Å²) in [6, 6.07) is 0.531. The first kappa shape index (κ1) is 11.6. The fraction of sp³-hybridized carbons (Fsp3) is 0.727. The molecule has 1 aromatic heterocycles. The van der Waals surface area contributed by atoms with E-state index >= 15 is 0 Å². The Bertz CT molecular complexity index is 350. The molecule has 1 saturated carbocycles. The molecule has 0 spiro atoms. The van der Waals surface area contributed by atoms with E-state index in [1.165, 1.54) is 25.7 Å². The van der Waals surface area contributed by atoms with Crippen LogP contribution in [0, 0.1) is 0 Å². The van der Waals surface area contributed by atoms with E-state index in [0.717, 1.165) is 16.8 Å². The average Bonchev–Trinajstić information content (AvgIpc) is 2.58. The average molecular weight is 240 g/mol. The zero-order chi connectivity index (χ0) is 11.5. The molecule has 1 fully saturated rings. The minimum atomic E-state index is 0.531. The van der Waals surface area contributed by atoms with Crippen molar-refractivity contribution in [1.82, 2.24) is 9.78 Å². The van der Waals surface area contributed by atoms with Gasteiger partial charge in [-0.25, -0.2) is 0 Å². The monoisotopic (exact) mass is 240 g/mol. The van der Waals surface area contributed by atoms with E-state index in [4.69, 9.17) is 5.73 Å². The number of nitrogens with one attached hydrogen (secondary N) is 1. The quantitative estimate of drug-likeness (QED) is 0.849. The summed E-state index contributed by atoms with van der Waals surface area (Å²) < 4.78 is 1.76. The van der Waals surface area contributed by atoms with Crippen LogP contribution in [0.2, 0.25) is 0 Å². The molecule has 0 radical (unpaired) electrons. The SMILES string of the molecule is CSC1CCCC(Nc2nn(C)cc2N)C1. The smallest absolute Gasteiger partial charge is 0.171 e. The number of aryl methyl sites for hydroxylation is 1. The highest BCUT2D eigenvalue weighted by atomic mass is 32.2. The van der Waals surface area contributed by atoms with Gasteiger partial charge in [-0.3, -0.25) is 4.68 Å². The molecule has 1 heterocycles. The third-order valence-corrected chi connectivity index (χ3v) is 4.25. The molecule has 0 amide bonds. The van der Waals surface area contributed by atoms with Crippen LogP contribution in [0.5, 0.6) is 0 Å². The highest BCUT2D eigenvalue weighted by molar-refractivity contribution is 7.99. The first-order valence-corrected chi connectivity index (χ1v) is 7.06. The Kier molecular flexibility index (Phi) is 3.63. The van der Waals surface area contributed by atoms with Gasteiger partial charge in [-0.1, -0.05) is 6.42 Å². The molecule has 16 heavy (non-hydrogen) atoms. The van der Waals surface area contributed by atoms with Crippen molar-refractivity contribution in [3.63, 3.8) is 0 Å². The standard InChI is InChI=1S/C11H20N4S/c1-15-7-10(12)11(14-15)13-8-4-3-5-9(6-8)16-2/h7-9H,3-6,12H2,1-2H3,(H,13,14). The fourth-order valence-electron chi connectivity index (χ4n) is 2.30. The van der Waals surface area contributed by atoms with Gasteiger partial charge in [0.1, 0.15) is 0 Å². The van der Waals surface area contributed by atoms with Crippen LogP contribution in [0.25, 0.3) is 0 Å². The molecule has 2 rings (SSSR count). The first-order chi connectivity index (χ1) is 7.69. The Hall–Kier alpha value is -0.840. The fourth-order valence-corrected chi connectivity index (χ4v) is 3.13. The number of nitrogens with two attached hydrogens (primary N) is 1. The van der Waals surface area contributed by atoms with Gasteiger partial charge in [0.25, 0.3) is 0 Å². The lowest BCUT2D eigenvalue weighted by molar-refractivity contribution is 0.472. The Morgan fingerprint density at radius 3 is 3.00 bits per heavy atom. The summed E-state index contributed by atoms with van der Waals surface area (Å²) >= 11 is 1.97. The predicted molar refractivity (Wildman–Crippen MR) is 70.8 cm³/mol. The van der Waals surface area contributed by atoms with Gasteiger partial charge in [0.05, 0.1) is 5.69 Å². The third-order valence-electron chi connectivity index (χ3n) is 3.16. The summed E-state index contributed by atoms with van der Waals surface area (Å²) in [7, 11) is 1.90. The third kappa shape index (κ3) is 2.64. The Morgan fingerprint density at radius 2 is 2.38 bits per heavy atom. The number of nitrogen functional groups attached to an aromatic ring is 1. The van der Waals surface area contributed by atoms with E-state index in [0.29, 0.717) is 6.04 Å². The number of thioether (sulfide) groups is 1. The summed E-state index contributed by atoms with van der Waals surface area (Å²) in [5.41, 5.74) is 6.62. The number of nitrogens with zero attached hydrogens (tertiary/aromatic N) is 2. The minimum absolute atomic E-state index is 0.531. The number of hydrogen-bond donors (Lipinski definition) is 2. The van der Waals surface area contributed by atoms with Crippen molar-refractivity contribution < 1.29 is 0 Å². The molecule has 1 aromatic rings. The minimum Gasteiger partial charge on any atom is -0.394 e. The lowest BCUT2D eigenvalue weighted by atomic mass is 9.95. The second kappa shape index (κ2) is 4.99. The predicted octanol–water partition coefficient (Wildman–Crippen LogP) is 2.09. The molecule has 2 atom stereocenters. The molecule has 5 heteroatoms. The second-order valence-corrected chi connectivity index (χ2v) is 5.61. The number of rotatable bonds is 3. The van der Waals surface area contributed by atoms with Crippen LogP contribution in [0.1, 0.15) is 25.7 Å². The van der Waals surface area contributed by atoms with Crippen molar-refractivity contribution >= 4 is 23.3 Å². The zero-order valence-electron chi connectivity index (χ0n) is 9.94. The van der Waals surface area contributed by atoms with Crippen molar-refractivity contribution in [1.29, 1.82) is 0 Å². The Labute approximate surface area is 101 Å². The largest absolute Gasteiger partial charge is 0.394 e. The van der Waals surface area contributed by atoms with Crippen LogP contribution < -0.4 is 11.1 Å². The van der Waals surface area contributed by atoms with Crippen molar-refractivity contribution in [2.24, 2.45) is 7.05 Å². The van der Waals surface area contributed by atoms with Crippen LogP contribution >= 0.6 is 11.8 Å². The van der Waals surface area contributed by atoms with Gasteiger partial charge in [0, 0.05) is 24.5 Å². The molecule has 3 N–H and O–H groups in total. The van der Waals surface area contributed by atoms with Crippen molar-refractivity contribution in [2.75, 3.05) is 17.3 Å². The zero-order valence-corrected chi connectivity index (χ0v) is 10.8. The Balaban J connectivity index is 1.96. The van der Waals surface area contributed by atoms with Crippen LogP contribution in [-0.2, 0) is 7.05 Å². The Morgan fingerprint density at radius 1 is 1.56 bits per heavy atom. The second-order valence-electron chi connectivity index (χ2n) is 4.47. The summed E-state index contributed by atoms with van der Waals surface area (Å²) in [6.45, 7) is 0. The molecule has 0 aliphatic heterocycles. The summed E-state index contributed by atoms with van der Waals surface area (Å²) in [5.74, 6) is 0.842. The first-order valence-electron chi connectivity index (χ1n) is 5.77. The van der Waals surface area contributed by atoms with Crippen LogP contribution in [0.15, 0.2) is 6.20 Å². The van der Waals surface area contributed by atoms with E-state index in [1.54, 1.807) is 4.68 Å². The lowest BCUT2D eigenvalue weighted by Gasteiger charge is -2.28. The highest BCUT2D eigenvalue weighted by Gasteiger charge is 2.22. The molecule has 4 nitrogen and oxygen atoms in total. The molecular weight excluding hydrogens is 220 g/mol. The van der Waals surface area contributed by atoms with E-state index in [2.05, 4.69) is 16.7 Å². The summed E-state index contributed by atoms with van der Waals surface area (Å²) in [5, 5.41) is 8.58. The van der Waals surface area contributed by atoms with E-state index in [1.807, 2.05) is 25.0 Å². The van der Waals surface area contributed by atoms with Crippen molar-refractivity contribution in [3.8, 4) is 0 Å². The summed E-state index contributed by atoms with van der Waals surface area (Å²) in [4.78, 5) is 0. The van der Waals surface area contributed by atoms with Gasteiger partial charge in [-0.05, 0) is 25.5 Å². The molecule has 1 aliphatic rings. The maximum atomic E-state index is 5.87. The molecule has 90 valence electrons. The van der Waals surface area contributed by atoms with E-state index < -0.39 is 0 Å². The van der Waals surface area contributed by atoms with Crippen LogP contribution in [0.4, 0.5) is 11.5 Å². The van der Waals surface area contributed by atoms with Crippen molar-refractivity contribution in [3.05, 3.63) is 6.20 Å². The van der Waals surface area contributed by atoms with Gasteiger partial charge < -0.3 is 11.1 Å². The lowest BCUT2D eigenvalue weighted by Crippen LogP contribution is -2.29. The van der Waals surface area contributed by atoms with Crippen LogP contribution in [-0.4, -0.2) is 27.3 Å². The van der Waals surface area contributed by atoms with E-state index in [9.17, 15) is 0 Å². The molecule has 0 bridgehead atoms. The number of hydrogen-bond acceptors (Lipinski definition) is 4. The van der Waals surface area contributed by atoms with E-state index in [-0.39, 0.29) is 0 Å². The van der Waals surface area contributed by atoms with Gasteiger partial charge in [0.2, 0.25) is 0 Å². The van der Waals surface area contributed by atoms with Gasteiger partial charge in [-0.2, -0.15) is 16.9 Å². The molecular formula is C11H20N4S. The number of anilines is 2. The van der Waals surface area contributed by atoms with Crippen molar-refractivity contribution in [2.45, 2.75) is 37.0 Å². The molecule has 0 saturated heterocycles. The molecule has 2 unspecified atom stereocenters. The topological polar surface area (TPSA) is 55.9 Å². The van der Waals surface area contributed by atoms with Gasteiger partial charge in [-0.15, -0.1) is 0 Å². The van der Waals surface area contributed by atoms with Gasteiger partial charge in [0.15, 0.2) is 5.82 Å². The molecule has 1 aliphatic carbocycles. The van der Waals surface area contributed by atoms with Crippen LogP contribution in [0.3, 0.4) is 0 Å². The van der Waals surface area contributed by atoms with Gasteiger partial charge >= 0.3 is 0 Å². The maximum absolute atomic E-state index is 5.87. The normalized spacial score (nSPS) is 25.6. The summed E-state index contributed by atoms with van der Waals surface area (Å²) in [6.07, 6.45) is 9.14. The maximum Gasteiger partial charge on any atom is 0.171 e. The number of aromatic nitrogens is 2.